The Labute approximate surface area is 210 Å². The van der Waals surface area contributed by atoms with Crippen LogP contribution in [0.15, 0.2) is 50.2 Å². The summed E-state index contributed by atoms with van der Waals surface area (Å²) in [6.45, 7) is 5.94. The van der Waals surface area contributed by atoms with Gasteiger partial charge in [-0.2, -0.15) is 0 Å². The number of anilines is 2. The first-order valence-electron chi connectivity index (χ1n) is 8.77. The average Bonchev–Trinajstić information content (AvgIpc) is 3.13. The summed E-state index contributed by atoms with van der Waals surface area (Å²) in [4.78, 5) is 7.83. The van der Waals surface area contributed by atoms with E-state index in [2.05, 4.69) is 73.4 Å². The highest BCUT2D eigenvalue weighted by Crippen LogP contribution is 2.23. The van der Waals surface area contributed by atoms with Crippen LogP contribution in [0.25, 0.3) is 5.65 Å². The van der Waals surface area contributed by atoms with Gasteiger partial charge in [-0.15, -0.1) is 10.2 Å². The van der Waals surface area contributed by atoms with Crippen LogP contribution < -0.4 is 17.0 Å². The number of rotatable bonds is 1. The monoisotopic (exact) mass is 632 g/mol. The lowest BCUT2D eigenvalue weighted by Crippen LogP contribution is -2.09. The molecular formula is C19H20Br3ClN8. The predicted octanol–water partition coefficient (Wildman–Crippen LogP) is 5.63. The second kappa shape index (κ2) is 11.7. The Morgan fingerprint density at radius 3 is 2.00 bits per heavy atom. The number of fused-ring (bicyclic) bond motifs is 1. The molecule has 4 aromatic rings. The first-order chi connectivity index (χ1) is 14.7. The molecule has 0 fully saturated rings. The number of nitrogens with zero attached hydrogens (tertiary/aromatic N) is 5. The summed E-state index contributed by atoms with van der Waals surface area (Å²) in [6, 6.07) is 5.76. The maximum atomic E-state index is 5.66. The van der Waals surface area contributed by atoms with E-state index in [0.717, 1.165) is 35.8 Å². The van der Waals surface area contributed by atoms with E-state index >= 15 is 0 Å². The first-order valence-corrected chi connectivity index (χ1v) is 11.5. The second-order valence-electron chi connectivity index (χ2n) is 6.23. The average molecular weight is 636 g/mol. The third-order valence-corrected chi connectivity index (χ3v) is 7.49. The van der Waals surface area contributed by atoms with Gasteiger partial charge < -0.3 is 11.2 Å². The van der Waals surface area contributed by atoms with Gasteiger partial charge in [0.25, 0.3) is 0 Å². The molecule has 8 nitrogen and oxygen atoms in total. The van der Waals surface area contributed by atoms with Gasteiger partial charge >= 0.3 is 0 Å². The number of hydrogen-bond donors (Lipinski definition) is 3. The molecule has 0 aliphatic heterocycles. The van der Waals surface area contributed by atoms with Crippen molar-refractivity contribution in [3.8, 4) is 0 Å². The Bertz CT molecular complexity index is 1160. The summed E-state index contributed by atoms with van der Waals surface area (Å²) >= 11 is 15.7. The zero-order valence-electron chi connectivity index (χ0n) is 16.9. The van der Waals surface area contributed by atoms with E-state index in [1.165, 1.54) is 0 Å². The van der Waals surface area contributed by atoms with Gasteiger partial charge in [0.15, 0.2) is 11.5 Å². The minimum Gasteiger partial charge on any atom is -0.368 e. The molecule has 0 saturated carbocycles. The van der Waals surface area contributed by atoms with Crippen LogP contribution in [-0.4, -0.2) is 24.6 Å². The van der Waals surface area contributed by atoms with Crippen molar-refractivity contribution < 1.29 is 0 Å². The molecule has 31 heavy (non-hydrogen) atoms. The fourth-order valence-electron chi connectivity index (χ4n) is 2.18. The summed E-state index contributed by atoms with van der Waals surface area (Å²) < 4.78 is 4.47. The van der Waals surface area contributed by atoms with Gasteiger partial charge in [0, 0.05) is 18.6 Å². The molecule has 0 atom stereocenters. The molecule has 4 aromatic heterocycles. The molecule has 5 N–H and O–H groups in total. The van der Waals surface area contributed by atoms with E-state index in [9.17, 15) is 0 Å². The lowest BCUT2D eigenvalue weighted by atomic mass is 10.3. The molecule has 4 heterocycles. The number of halogens is 4. The number of hydrazine groups is 1. The van der Waals surface area contributed by atoms with Gasteiger partial charge in [0.1, 0.15) is 5.15 Å². The molecule has 12 heteroatoms. The van der Waals surface area contributed by atoms with Crippen molar-refractivity contribution in [1.82, 2.24) is 24.6 Å². The number of nitrogens with two attached hydrogens (primary N) is 2. The van der Waals surface area contributed by atoms with Gasteiger partial charge in [0.2, 0.25) is 5.95 Å². The first kappa shape index (κ1) is 25.5. The fourth-order valence-corrected chi connectivity index (χ4v) is 3.38. The number of aromatic nitrogens is 5. The van der Waals surface area contributed by atoms with Crippen molar-refractivity contribution in [2.24, 2.45) is 5.84 Å². The Hall–Kier alpha value is -1.79. The van der Waals surface area contributed by atoms with E-state index < -0.39 is 0 Å². The lowest BCUT2D eigenvalue weighted by Gasteiger charge is -2.02. The molecule has 0 aromatic carbocycles. The zero-order chi connectivity index (χ0) is 23.1. The Balaban J connectivity index is 0.000000167. The molecule has 0 spiro atoms. The summed E-state index contributed by atoms with van der Waals surface area (Å²) in [5.41, 5.74) is 12.1. The number of pyridine rings is 3. The van der Waals surface area contributed by atoms with Crippen LogP contribution in [0.3, 0.4) is 0 Å². The third kappa shape index (κ3) is 6.59. The second-order valence-corrected chi connectivity index (χ2v) is 8.97. The van der Waals surface area contributed by atoms with Crippen molar-refractivity contribution in [1.29, 1.82) is 0 Å². The van der Waals surface area contributed by atoms with Gasteiger partial charge in [0.05, 0.1) is 13.4 Å². The van der Waals surface area contributed by atoms with Crippen molar-refractivity contribution in [2.45, 2.75) is 20.8 Å². The maximum absolute atomic E-state index is 5.66. The van der Waals surface area contributed by atoms with E-state index in [0.29, 0.717) is 16.9 Å². The standard InChI is InChI=1S/C7H7BrN4.C6H5BrClN.C6H8BrN3/c1-4-2-3-12-6(5(4)8)10-11-7(12)9;1-4-2-3-9-6(8)5(4)7;1-4-2-3-9-6(10-8)5(4)7/h2-3H,1H3,(H2,9,11);2-3H,1H3;2-3H,8H2,1H3,(H,9,10). The smallest absolute Gasteiger partial charge is 0.226 e. The van der Waals surface area contributed by atoms with Crippen molar-refractivity contribution in [3.05, 3.63) is 72.1 Å². The highest BCUT2D eigenvalue weighted by molar-refractivity contribution is 9.11. The summed E-state index contributed by atoms with van der Waals surface area (Å²) in [5, 5.41) is 8.20. The summed E-state index contributed by atoms with van der Waals surface area (Å²) in [7, 11) is 0. The highest BCUT2D eigenvalue weighted by Gasteiger charge is 2.06. The Kier molecular flexibility index (Phi) is 9.63. The Morgan fingerprint density at radius 2 is 1.45 bits per heavy atom. The predicted molar refractivity (Wildman–Crippen MR) is 136 cm³/mol. The van der Waals surface area contributed by atoms with Crippen LogP contribution in [0.5, 0.6) is 0 Å². The number of aryl methyl sites for hydroxylation is 3. The number of hydrogen-bond acceptors (Lipinski definition) is 7. The number of nitrogen functional groups attached to an aromatic ring is 2. The quantitative estimate of drug-likeness (QED) is 0.141. The van der Waals surface area contributed by atoms with Crippen LogP contribution in [-0.2, 0) is 0 Å². The molecule has 0 saturated heterocycles. The van der Waals surface area contributed by atoms with Crippen LogP contribution in [0.2, 0.25) is 5.15 Å². The van der Waals surface area contributed by atoms with Crippen molar-refractivity contribution in [3.63, 3.8) is 0 Å². The van der Waals surface area contributed by atoms with Crippen molar-refractivity contribution in [2.75, 3.05) is 11.2 Å². The topological polar surface area (TPSA) is 120 Å². The lowest BCUT2D eigenvalue weighted by molar-refractivity contribution is 1.12. The van der Waals surface area contributed by atoms with Gasteiger partial charge in [-0.05, 0) is 103 Å². The maximum Gasteiger partial charge on any atom is 0.226 e. The van der Waals surface area contributed by atoms with E-state index in [1.54, 1.807) is 16.8 Å². The highest BCUT2D eigenvalue weighted by atomic mass is 79.9. The largest absolute Gasteiger partial charge is 0.368 e. The normalized spacial score (nSPS) is 10.1. The fraction of sp³-hybridized carbons (Fsp3) is 0.158. The van der Waals surface area contributed by atoms with Crippen LogP contribution in [0.1, 0.15) is 16.7 Å². The zero-order valence-corrected chi connectivity index (χ0v) is 22.4. The molecule has 4 rings (SSSR count). The molecular weight excluding hydrogens is 615 g/mol. The van der Waals surface area contributed by atoms with Crippen LogP contribution in [0.4, 0.5) is 11.8 Å². The minimum atomic E-state index is 0.408. The van der Waals surface area contributed by atoms with E-state index in [4.69, 9.17) is 23.2 Å². The molecule has 0 aliphatic carbocycles. The van der Waals surface area contributed by atoms with E-state index in [-0.39, 0.29) is 0 Å². The van der Waals surface area contributed by atoms with E-state index in [1.807, 2.05) is 45.2 Å². The van der Waals surface area contributed by atoms with Gasteiger partial charge in [-0.3, -0.25) is 4.40 Å². The van der Waals surface area contributed by atoms with Crippen LogP contribution in [0, 0.1) is 20.8 Å². The molecule has 0 radical (unpaired) electrons. The van der Waals surface area contributed by atoms with Gasteiger partial charge in [-0.1, -0.05) is 11.6 Å². The van der Waals surface area contributed by atoms with Crippen molar-refractivity contribution >= 4 is 76.8 Å². The van der Waals surface area contributed by atoms with Gasteiger partial charge in [-0.25, -0.2) is 15.8 Å². The Morgan fingerprint density at radius 1 is 0.871 bits per heavy atom. The third-order valence-electron chi connectivity index (χ3n) is 4.00. The molecule has 164 valence electrons. The summed E-state index contributed by atoms with van der Waals surface area (Å²) in [5.74, 6) is 6.25. The SMILES string of the molecule is Cc1ccn2c(N)nnc2c1Br.Cc1ccnc(Cl)c1Br.Cc1ccnc(NN)c1Br. The summed E-state index contributed by atoms with van der Waals surface area (Å²) in [6.07, 6.45) is 5.24. The minimum absolute atomic E-state index is 0.408. The molecule has 0 amide bonds. The number of nitrogens with one attached hydrogen (secondary N) is 1. The molecule has 0 unspecified atom stereocenters. The molecule has 0 aliphatic rings. The molecule has 0 bridgehead atoms. The van der Waals surface area contributed by atoms with Crippen LogP contribution >= 0.6 is 59.4 Å².